The highest BCUT2D eigenvalue weighted by molar-refractivity contribution is 6.31. The fourth-order valence-corrected chi connectivity index (χ4v) is 3.61. The van der Waals surface area contributed by atoms with Crippen LogP contribution < -0.4 is 20.1 Å². The van der Waals surface area contributed by atoms with Crippen LogP contribution in [0.1, 0.15) is 40.5 Å². The molecule has 0 fully saturated rings. The normalized spacial score (nSPS) is 18.8. The summed E-state index contributed by atoms with van der Waals surface area (Å²) in [5.41, 5.74) is 0.825. The van der Waals surface area contributed by atoms with Crippen LogP contribution in [0, 0.1) is 23.5 Å². The highest BCUT2D eigenvalue weighted by Crippen LogP contribution is 2.34. The molecule has 2 N–H and O–H groups in total. The Morgan fingerprint density at radius 2 is 1.30 bits per heavy atom. The Morgan fingerprint density at radius 1 is 0.818 bits per heavy atom. The second kappa shape index (κ2) is 10.4. The summed E-state index contributed by atoms with van der Waals surface area (Å²) in [7, 11) is 0. The molecule has 0 radical (unpaired) electrons. The highest BCUT2D eigenvalue weighted by Gasteiger charge is 2.30. The molecule has 0 spiro atoms. The lowest BCUT2D eigenvalue weighted by Gasteiger charge is -2.26. The van der Waals surface area contributed by atoms with Gasteiger partial charge in [-0.15, -0.1) is 0 Å². The van der Waals surface area contributed by atoms with Gasteiger partial charge in [-0.1, -0.05) is 39.3 Å². The van der Waals surface area contributed by atoms with Crippen LogP contribution in [-0.4, -0.2) is 24.0 Å². The van der Waals surface area contributed by atoms with Crippen LogP contribution in [0.3, 0.4) is 0 Å². The van der Waals surface area contributed by atoms with Gasteiger partial charge in [0.2, 0.25) is 0 Å². The van der Waals surface area contributed by atoms with Crippen LogP contribution in [-0.2, 0) is 9.59 Å². The number of benzene rings is 2. The van der Waals surface area contributed by atoms with Gasteiger partial charge in [0.15, 0.2) is 23.8 Å². The summed E-state index contributed by atoms with van der Waals surface area (Å²) < 4.78 is 37.0. The number of anilines is 2. The molecule has 2 unspecified atom stereocenters. The van der Waals surface area contributed by atoms with Crippen molar-refractivity contribution in [1.82, 2.24) is 0 Å². The Labute approximate surface area is 196 Å². The van der Waals surface area contributed by atoms with Crippen molar-refractivity contribution in [3.8, 4) is 11.5 Å². The van der Waals surface area contributed by atoms with Crippen molar-refractivity contribution < 1.29 is 27.8 Å². The maximum Gasteiger partial charge on any atom is 0.265 e. The number of fused-ring (bicyclic) bond motifs is 2. The molecule has 2 amide bonds. The zero-order valence-electron chi connectivity index (χ0n) is 18.9. The van der Waals surface area contributed by atoms with Crippen molar-refractivity contribution in [3.63, 3.8) is 0 Å². The fourth-order valence-electron chi connectivity index (χ4n) is 3.43. The van der Waals surface area contributed by atoms with Gasteiger partial charge in [-0.3, -0.25) is 9.59 Å². The maximum absolute atomic E-state index is 13.0. The molecule has 2 aromatic carbocycles. The van der Waals surface area contributed by atoms with E-state index in [2.05, 4.69) is 24.5 Å². The van der Waals surface area contributed by atoms with E-state index in [1.54, 1.807) is 18.2 Å². The predicted octanol–water partition coefficient (Wildman–Crippen LogP) is 5.80. The Balaban J connectivity index is 0.000000186. The number of carbonyl (C=O) groups excluding carboxylic acids is 2. The van der Waals surface area contributed by atoms with E-state index in [0.29, 0.717) is 35.2 Å². The third-order valence-corrected chi connectivity index (χ3v) is 5.21. The predicted molar refractivity (Wildman–Crippen MR) is 123 cm³/mol. The van der Waals surface area contributed by atoms with Gasteiger partial charge >= 0.3 is 0 Å². The van der Waals surface area contributed by atoms with Crippen molar-refractivity contribution >= 4 is 34.8 Å². The average molecular weight is 481 g/mol. The first-order chi connectivity index (χ1) is 15.5. The van der Waals surface area contributed by atoms with Crippen LogP contribution in [0.15, 0.2) is 30.3 Å². The summed E-state index contributed by atoms with van der Waals surface area (Å²) in [5.74, 6) is -0.843. The van der Waals surface area contributed by atoms with E-state index < -0.39 is 23.8 Å². The van der Waals surface area contributed by atoms with Gasteiger partial charge in [-0.05, 0) is 42.9 Å². The van der Waals surface area contributed by atoms with Crippen molar-refractivity contribution in [2.45, 2.75) is 52.7 Å². The standard InChI is InChI=1S/C12H14ClNO2.C12H13F2NO2/c1-7(2)5-11-12(15)14-9-6-8(13)3-4-10(9)16-11;1-6(2)3-11-12(16)15-9-4-7(13)8(14)5-10(9)17-11/h3-4,6-7,11H,5H2,1-2H3,(H,14,15);4-6,11H,3H2,1-2H3,(H,15,16). The van der Waals surface area contributed by atoms with Gasteiger partial charge in [-0.2, -0.15) is 0 Å². The summed E-state index contributed by atoms with van der Waals surface area (Å²) in [6, 6.07) is 7.11. The van der Waals surface area contributed by atoms with E-state index >= 15 is 0 Å². The average Bonchev–Trinajstić information content (AvgIpc) is 2.71. The number of hydrogen-bond donors (Lipinski definition) is 2. The van der Waals surface area contributed by atoms with Crippen LogP contribution in [0.5, 0.6) is 11.5 Å². The number of halogens is 3. The van der Waals surface area contributed by atoms with Gasteiger partial charge in [0.25, 0.3) is 11.8 Å². The van der Waals surface area contributed by atoms with Crippen LogP contribution in [0.25, 0.3) is 0 Å². The molecule has 6 nitrogen and oxygen atoms in total. The van der Waals surface area contributed by atoms with Crippen LogP contribution >= 0.6 is 11.6 Å². The fraction of sp³-hybridized carbons (Fsp3) is 0.417. The molecule has 9 heteroatoms. The molecule has 2 heterocycles. The highest BCUT2D eigenvalue weighted by atomic mass is 35.5. The van der Waals surface area contributed by atoms with Crippen molar-refractivity contribution in [2.75, 3.05) is 10.6 Å². The molecule has 0 saturated heterocycles. The van der Waals surface area contributed by atoms with E-state index in [1.807, 2.05) is 13.8 Å². The van der Waals surface area contributed by atoms with Gasteiger partial charge in [-0.25, -0.2) is 8.78 Å². The lowest BCUT2D eigenvalue weighted by molar-refractivity contribution is -0.124. The molecular weight excluding hydrogens is 454 g/mol. The monoisotopic (exact) mass is 480 g/mol. The lowest BCUT2D eigenvalue weighted by Crippen LogP contribution is -2.38. The zero-order chi connectivity index (χ0) is 24.3. The quantitative estimate of drug-likeness (QED) is 0.580. The molecule has 4 rings (SSSR count). The molecular formula is C24H27ClF2N2O4. The molecule has 178 valence electrons. The molecule has 0 aliphatic carbocycles. The second-order valence-corrected chi connectivity index (χ2v) is 9.29. The first-order valence-electron chi connectivity index (χ1n) is 10.8. The molecule has 0 bridgehead atoms. The largest absolute Gasteiger partial charge is 0.478 e. The summed E-state index contributed by atoms with van der Waals surface area (Å²) in [6.07, 6.45) is 0.207. The maximum atomic E-state index is 13.0. The molecule has 0 saturated carbocycles. The summed E-state index contributed by atoms with van der Waals surface area (Å²) in [5, 5.41) is 5.91. The number of rotatable bonds is 4. The van der Waals surface area contributed by atoms with E-state index in [-0.39, 0.29) is 29.2 Å². The number of ether oxygens (including phenoxy) is 2. The third-order valence-electron chi connectivity index (χ3n) is 4.97. The molecule has 2 atom stereocenters. The molecule has 2 aliphatic heterocycles. The van der Waals surface area contributed by atoms with E-state index in [9.17, 15) is 18.4 Å². The second-order valence-electron chi connectivity index (χ2n) is 8.85. The first-order valence-corrected chi connectivity index (χ1v) is 11.1. The Bertz CT molecular complexity index is 1050. The topological polar surface area (TPSA) is 76.7 Å². The minimum atomic E-state index is -1.00. The van der Waals surface area contributed by atoms with Gasteiger partial charge in [0.05, 0.1) is 11.4 Å². The Hall–Kier alpha value is -2.87. The molecule has 2 aromatic rings. The molecule has 2 aliphatic rings. The molecule has 0 aromatic heterocycles. The van der Waals surface area contributed by atoms with Crippen molar-refractivity contribution in [1.29, 1.82) is 0 Å². The summed E-state index contributed by atoms with van der Waals surface area (Å²) >= 11 is 5.84. The van der Waals surface area contributed by atoms with Crippen LogP contribution in [0.4, 0.5) is 20.2 Å². The summed E-state index contributed by atoms with van der Waals surface area (Å²) in [4.78, 5) is 23.4. The van der Waals surface area contributed by atoms with Gasteiger partial charge in [0, 0.05) is 17.2 Å². The van der Waals surface area contributed by atoms with Gasteiger partial charge < -0.3 is 20.1 Å². The minimum Gasteiger partial charge on any atom is -0.478 e. The minimum absolute atomic E-state index is 0.0940. The van der Waals surface area contributed by atoms with E-state index in [0.717, 1.165) is 12.1 Å². The van der Waals surface area contributed by atoms with E-state index in [1.165, 1.54) is 0 Å². The van der Waals surface area contributed by atoms with Crippen molar-refractivity contribution in [3.05, 3.63) is 47.0 Å². The zero-order valence-corrected chi connectivity index (χ0v) is 19.6. The SMILES string of the molecule is CC(C)CC1Oc2cc(F)c(F)cc2NC1=O.CC(C)CC1Oc2ccc(Cl)cc2NC1=O. The first kappa shape index (κ1) is 24.8. The van der Waals surface area contributed by atoms with Crippen molar-refractivity contribution in [2.24, 2.45) is 11.8 Å². The Morgan fingerprint density at radius 3 is 1.85 bits per heavy atom. The summed E-state index contributed by atoms with van der Waals surface area (Å²) in [6.45, 7) is 8.04. The van der Waals surface area contributed by atoms with Gasteiger partial charge in [0.1, 0.15) is 11.5 Å². The van der Waals surface area contributed by atoms with E-state index in [4.69, 9.17) is 21.1 Å². The lowest BCUT2D eigenvalue weighted by atomic mass is 10.0. The van der Waals surface area contributed by atoms with Crippen LogP contribution in [0.2, 0.25) is 5.02 Å². The third kappa shape index (κ3) is 6.35. The smallest absolute Gasteiger partial charge is 0.265 e. The number of amides is 2. The Kier molecular flexibility index (Phi) is 7.79. The molecule has 33 heavy (non-hydrogen) atoms. The number of hydrogen-bond acceptors (Lipinski definition) is 4. The number of carbonyl (C=O) groups is 2. The number of nitrogens with one attached hydrogen (secondary N) is 2.